The Hall–Kier alpha value is -2.60. The van der Waals surface area contributed by atoms with Crippen molar-refractivity contribution in [3.63, 3.8) is 0 Å². The van der Waals surface area contributed by atoms with Gasteiger partial charge in [0.15, 0.2) is 17.3 Å². The van der Waals surface area contributed by atoms with E-state index in [2.05, 4.69) is 9.97 Å². The molecule has 0 saturated heterocycles. The highest BCUT2D eigenvalue weighted by atomic mass is 35.5. The number of esters is 1. The van der Waals surface area contributed by atoms with Crippen molar-refractivity contribution >= 4 is 28.5 Å². The zero-order valence-electron chi connectivity index (χ0n) is 13.2. The van der Waals surface area contributed by atoms with Crippen molar-refractivity contribution in [1.82, 2.24) is 9.97 Å². The lowest BCUT2D eigenvalue weighted by Crippen LogP contribution is -2.06. The Morgan fingerprint density at radius 1 is 1.33 bits per heavy atom. The van der Waals surface area contributed by atoms with Crippen molar-refractivity contribution in [2.24, 2.45) is 0 Å². The maximum Gasteiger partial charge on any atom is 0.357 e. The molecule has 0 atom stereocenters. The molecule has 0 fully saturated rings. The minimum absolute atomic E-state index is 0.0710. The van der Waals surface area contributed by atoms with Crippen LogP contribution in [0.1, 0.15) is 16.1 Å². The van der Waals surface area contributed by atoms with Crippen LogP contribution in [0.15, 0.2) is 24.4 Å². The van der Waals surface area contributed by atoms with E-state index in [1.807, 2.05) is 6.92 Å². The Kier molecular flexibility index (Phi) is 4.15. The molecular weight excluding hydrogens is 335 g/mol. The van der Waals surface area contributed by atoms with Gasteiger partial charge < -0.3 is 14.5 Å². The number of H-pyrrole nitrogens is 1. The molecule has 0 bridgehead atoms. The number of aromatic nitrogens is 2. The lowest BCUT2D eigenvalue weighted by molar-refractivity contribution is 0.0596. The normalized spacial score (nSPS) is 10.9. The number of methoxy groups -OCH3 is 2. The second kappa shape index (κ2) is 6.13. The minimum atomic E-state index is -0.643. The van der Waals surface area contributed by atoms with E-state index < -0.39 is 11.8 Å². The molecular formula is C17H14ClFN2O3. The van der Waals surface area contributed by atoms with Gasteiger partial charge in [0.2, 0.25) is 0 Å². The molecule has 1 aromatic carbocycles. The molecule has 0 spiro atoms. The van der Waals surface area contributed by atoms with E-state index in [9.17, 15) is 9.18 Å². The zero-order valence-corrected chi connectivity index (χ0v) is 14.0. The number of nitrogens with zero attached hydrogens (tertiary/aromatic N) is 1. The number of benzene rings is 1. The molecule has 0 saturated carbocycles. The van der Waals surface area contributed by atoms with Crippen LogP contribution in [0.3, 0.4) is 0 Å². The predicted molar refractivity (Wildman–Crippen MR) is 89.1 cm³/mol. The van der Waals surface area contributed by atoms with Gasteiger partial charge in [0, 0.05) is 17.1 Å². The summed E-state index contributed by atoms with van der Waals surface area (Å²) in [7, 11) is 2.61. The number of carbonyl (C=O) groups excluding carboxylic acids is 1. The van der Waals surface area contributed by atoms with Crippen molar-refractivity contribution in [3.8, 4) is 17.0 Å². The van der Waals surface area contributed by atoms with E-state index in [0.717, 1.165) is 5.56 Å². The Morgan fingerprint density at radius 3 is 2.75 bits per heavy atom. The van der Waals surface area contributed by atoms with Crippen molar-refractivity contribution in [2.75, 3.05) is 14.2 Å². The fourth-order valence-electron chi connectivity index (χ4n) is 2.62. The van der Waals surface area contributed by atoms with Crippen LogP contribution in [0, 0.1) is 12.7 Å². The van der Waals surface area contributed by atoms with E-state index in [1.165, 1.54) is 26.4 Å². The average molecular weight is 349 g/mol. The summed E-state index contributed by atoms with van der Waals surface area (Å²) in [5.41, 5.74) is 2.08. The molecule has 0 amide bonds. The minimum Gasteiger partial charge on any atom is -0.492 e. The number of hydrogen-bond donors (Lipinski definition) is 1. The molecule has 124 valence electrons. The van der Waals surface area contributed by atoms with Crippen molar-refractivity contribution in [2.45, 2.75) is 6.92 Å². The summed E-state index contributed by atoms with van der Waals surface area (Å²) in [4.78, 5) is 19.4. The summed E-state index contributed by atoms with van der Waals surface area (Å²) >= 11 is 5.93. The van der Waals surface area contributed by atoms with E-state index in [4.69, 9.17) is 21.1 Å². The van der Waals surface area contributed by atoms with Crippen LogP contribution in [-0.4, -0.2) is 30.2 Å². The SMILES string of the molecule is COC(=O)c1nc(-c2ccc(Cl)c(OC)c2F)cc2[nH]cc(C)c12. The first kappa shape index (κ1) is 16.3. The molecule has 24 heavy (non-hydrogen) atoms. The molecule has 3 aromatic rings. The Bertz CT molecular complexity index is 953. The summed E-state index contributed by atoms with van der Waals surface area (Å²) in [6, 6.07) is 4.67. The van der Waals surface area contributed by atoms with Gasteiger partial charge in [0.05, 0.1) is 30.5 Å². The first-order chi connectivity index (χ1) is 11.5. The molecule has 3 rings (SSSR count). The third-order valence-corrected chi connectivity index (χ3v) is 4.06. The van der Waals surface area contributed by atoms with Crippen molar-refractivity contribution in [3.05, 3.63) is 46.5 Å². The highest BCUT2D eigenvalue weighted by Gasteiger charge is 2.21. The number of ether oxygens (including phenoxy) is 2. The highest BCUT2D eigenvalue weighted by molar-refractivity contribution is 6.32. The standard InChI is InChI=1S/C17H14ClFN2O3/c1-8-7-20-12-6-11(21-15(13(8)12)17(22)24-3)9-4-5-10(18)16(23-2)14(9)19/h4-7,20H,1-3H3. The maximum absolute atomic E-state index is 14.7. The van der Waals surface area contributed by atoms with Gasteiger partial charge in [0.25, 0.3) is 0 Å². The van der Waals surface area contributed by atoms with Crippen molar-refractivity contribution < 1.29 is 18.7 Å². The summed E-state index contributed by atoms with van der Waals surface area (Å²) in [5, 5.41) is 0.802. The van der Waals surface area contributed by atoms with Crippen LogP contribution < -0.4 is 4.74 Å². The Morgan fingerprint density at radius 2 is 2.08 bits per heavy atom. The summed E-state index contributed by atoms with van der Waals surface area (Å²) in [5.74, 6) is -1.31. The first-order valence-electron chi connectivity index (χ1n) is 7.07. The van der Waals surface area contributed by atoms with Crippen LogP contribution in [-0.2, 0) is 4.74 Å². The molecule has 0 unspecified atom stereocenters. The van der Waals surface area contributed by atoms with E-state index in [1.54, 1.807) is 12.3 Å². The maximum atomic E-state index is 14.7. The molecule has 2 heterocycles. The zero-order chi connectivity index (χ0) is 17.4. The van der Waals surface area contributed by atoms with Gasteiger partial charge in [-0.1, -0.05) is 11.6 Å². The summed E-state index contributed by atoms with van der Waals surface area (Å²) in [6.07, 6.45) is 1.75. The number of aromatic amines is 1. The van der Waals surface area contributed by atoms with Crippen LogP contribution in [0.5, 0.6) is 5.75 Å². The fraction of sp³-hybridized carbons (Fsp3) is 0.176. The Balaban J connectivity index is 2.30. The molecule has 0 aliphatic heterocycles. The third kappa shape index (κ3) is 2.49. The number of fused-ring (bicyclic) bond motifs is 1. The predicted octanol–water partition coefficient (Wildman–Crippen LogP) is 4.13. The first-order valence-corrected chi connectivity index (χ1v) is 7.45. The second-order valence-corrected chi connectivity index (χ2v) is 5.59. The van der Waals surface area contributed by atoms with Crippen LogP contribution >= 0.6 is 11.6 Å². The number of rotatable bonds is 3. The molecule has 0 radical (unpaired) electrons. The molecule has 0 aliphatic rings. The van der Waals surface area contributed by atoms with Gasteiger partial charge in [-0.15, -0.1) is 0 Å². The number of aryl methyl sites for hydroxylation is 1. The lowest BCUT2D eigenvalue weighted by atomic mass is 10.1. The van der Waals surface area contributed by atoms with Crippen LogP contribution in [0.25, 0.3) is 22.2 Å². The topological polar surface area (TPSA) is 64.2 Å². The monoisotopic (exact) mass is 348 g/mol. The van der Waals surface area contributed by atoms with E-state index >= 15 is 0 Å². The molecule has 5 nitrogen and oxygen atoms in total. The molecule has 1 N–H and O–H groups in total. The average Bonchev–Trinajstić information content (AvgIpc) is 2.95. The number of pyridine rings is 1. The van der Waals surface area contributed by atoms with Gasteiger partial charge in [0.1, 0.15) is 0 Å². The summed E-state index contributed by atoms with van der Waals surface area (Å²) in [6.45, 7) is 1.85. The van der Waals surface area contributed by atoms with E-state index in [0.29, 0.717) is 10.9 Å². The van der Waals surface area contributed by atoms with Gasteiger partial charge in [-0.05, 0) is 30.7 Å². The number of halogens is 2. The van der Waals surface area contributed by atoms with Gasteiger partial charge in [-0.3, -0.25) is 0 Å². The van der Waals surface area contributed by atoms with Gasteiger partial charge >= 0.3 is 5.97 Å². The van der Waals surface area contributed by atoms with Gasteiger partial charge in [-0.2, -0.15) is 0 Å². The Labute approximate surface area is 142 Å². The number of carbonyl (C=O) groups is 1. The second-order valence-electron chi connectivity index (χ2n) is 5.18. The van der Waals surface area contributed by atoms with Crippen molar-refractivity contribution in [1.29, 1.82) is 0 Å². The van der Waals surface area contributed by atoms with E-state index in [-0.39, 0.29) is 27.7 Å². The molecule has 7 heteroatoms. The number of nitrogens with one attached hydrogen (secondary N) is 1. The largest absolute Gasteiger partial charge is 0.492 e. The third-order valence-electron chi connectivity index (χ3n) is 3.77. The van der Waals surface area contributed by atoms with Crippen LogP contribution in [0.4, 0.5) is 4.39 Å². The summed E-state index contributed by atoms with van der Waals surface area (Å²) < 4.78 is 24.5. The van der Waals surface area contributed by atoms with Gasteiger partial charge in [-0.25, -0.2) is 14.2 Å². The van der Waals surface area contributed by atoms with Crippen LogP contribution in [0.2, 0.25) is 5.02 Å². The molecule has 0 aliphatic carbocycles. The smallest absolute Gasteiger partial charge is 0.357 e. The quantitative estimate of drug-likeness (QED) is 0.723. The lowest BCUT2D eigenvalue weighted by Gasteiger charge is -2.10. The highest BCUT2D eigenvalue weighted by Crippen LogP contribution is 2.35. The molecule has 2 aromatic heterocycles. The fourth-order valence-corrected chi connectivity index (χ4v) is 2.84. The number of hydrogen-bond acceptors (Lipinski definition) is 4.